The van der Waals surface area contributed by atoms with Gasteiger partial charge in [0.1, 0.15) is 0 Å². The van der Waals surface area contributed by atoms with Gasteiger partial charge in [0.25, 0.3) is 0 Å². The van der Waals surface area contributed by atoms with Gasteiger partial charge in [0.2, 0.25) is 0 Å². The molecule has 0 aliphatic heterocycles. The van der Waals surface area contributed by atoms with Crippen molar-refractivity contribution in [2.45, 2.75) is 0 Å². The van der Waals surface area contributed by atoms with Gasteiger partial charge in [0, 0.05) is 0 Å². The average molecular weight is 237 g/mol. The molecule has 0 fully saturated rings. The van der Waals surface area contributed by atoms with Crippen molar-refractivity contribution >= 4 is 0 Å². The molecule has 0 rings (SSSR count). The minimum atomic E-state index is 0. The van der Waals surface area contributed by atoms with Crippen molar-refractivity contribution in [2.24, 2.45) is 0 Å². The third-order valence-corrected chi connectivity index (χ3v) is 0. The van der Waals surface area contributed by atoms with E-state index in [2.05, 4.69) is 0 Å². The van der Waals surface area contributed by atoms with Crippen LogP contribution in [0.4, 0.5) is 0 Å². The first-order valence-corrected chi connectivity index (χ1v) is 0.894. The Bertz CT molecular complexity index is 65.3. The van der Waals surface area contributed by atoms with Gasteiger partial charge in [0.15, 0.2) is 0 Å². The Hall–Kier alpha value is 1.48. The van der Waals surface area contributed by atoms with Crippen LogP contribution in [0.2, 0.25) is 0 Å². The molecule has 0 atom stereocenters. The van der Waals surface area contributed by atoms with Crippen LogP contribution in [0.15, 0.2) is 0 Å². The number of hydrogen-bond acceptors (Lipinski definition) is 4. The van der Waals surface area contributed by atoms with Crippen LogP contribution in [0, 0.1) is 47.3 Å². The van der Waals surface area contributed by atoms with Crippen LogP contribution in [0.1, 0.15) is 0 Å². The zero-order chi connectivity index (χ0) is 8.00. The van der Waals surface area contributed by atoms with E-state index in [9.17, 15) is 0 Å². The van der Waals surface area contributed by atoms with Gasteiger partial charge in [-0.25, -0.2) is 0 Å². The summed E-state index contributed by atoms with van der Waals surface area (Å²) in [5, 5.41) is 25.0. The topological polar surface area (TPSA) is 95.2 Å². The van der Waals surface area contributed by atoms with Crippen molar-refractivity contribution in [1.82, 2.24) is 0 Å². The fraction of sp³-hybridized carbons (Fsp3) is 0. The van der Waals surface area contributed by atoms with Crippen LogP contribution >= 0.6 is 0 Å². The van der Waals surface area contributed by atoms with Crippen LogP contribution in [-0.2, 0) is 17.1 Å². The summed E-state index contributed by atoms with van der Waals surface area (Å²) < 4.78 is 0. The van der Waals surface area contributed by atoms with Crippen molar-refractivity contribution in [3.05, 3.63) is 26.3 Å². The average Bonchev–Trinajstić information content (AvgIpc) is 2.03. The van der Waals surface area contributed by atoms with E-state index in [1.54, 1.807) is 0 Å². The van der Waals surface area contributed by atoms with Crippen LogP contribution in [-0.4, -0.2) is 0 Å². The van der Waals surface area contributed by atoms with Crippen molar-refractivity contribution in [3.8, 4) is 0 Å². The minimum Gasteiger partial charge on any atom is -0.512 e. The zero-order valence-corrected chi connectivity index (χ0v) is 14.0. The van der Waals surface area contributed by atoms with Crippen LogP contribution in [0.25, 0.3) is 0 Å². The molecule has 0 saturated carbocycles. The van der Waals surface area contributed by atoms with Crippen LogP contribution in [0.3, 0.4) is 0 Å². The van der Waals surface area contributed by atoms with E-state index in [1.807, 2.05) is 0 Å². The second-order valence-electron chi connectivity index (χ2n) is 0. The number of hydrogen-bond donors (Lipinski definition) is 0. The molecule has 12 heavy (non-hydrogen) atoms. The zero-order valence-electron chi connectivity index (χ0n) is 7.09. The molecule has 0 aliphatic carbocycles. The molecule has 0 aromatic heterocycles. The molecule has 0 radical (unpaired) electrons. The predicted octanol–water partition coefficient (Wildman–Crippen LogP) is -8.61. The first-order chi connectivity index (χ1) is 4.00. The normalized spacial score (nSPS) is 0.667. The third kappa shape index (κ3) is 576. The molecule has 0 aromatic rings. The number of nitrogens with zero attached hydrogens (tertiary/aromatic N) is 4. The van der Waals surface area contributed by atoms with Crippen molar-refractivity contribution in [3.63, 3.8) is 0 Å². The second-order valence-corrected chi connectivity index (χ2v) is 0. The quantitative estimate of drug-likeness (QED) is 0.308. The van der Waals surface area contributed by atoms with Gasteiger partial charge in [-0.1, -0.05) is 0 Å². The summed E-state index contributed by atoms with van der Waals surface area (Å²) >= 11 is 0. The van der Waals surface area contributed by atoms with E-state index in [-0.39, 0.29) is 106 Å². The summed E-state index contributed by atoms with van der Waals surface area (Å²) in [6, 6.07) is 0. The molecular formula is C4CuN4Na3. The maximum atomic E-state index is 6.25. The van der Waals surface area contributed by atoms with Gasteiger partial charge >= 0.3 is 106 Å². The van der Waals surface area contributed by atoms with Crippen LogP contribution in [0.5, 0.6) is 0 Å². The van der Waals surface area contributed by atoms with E-state index in [0.29, 0.717) is 0 Å². The van der Waals surface area contributed by atoms with Gasteiger partial charge in [-0.2, -0.15) is 0 Å². The Morgan fingerprint density at radius 2 is 0.417 bits per heavy atom. The first kappa shape index (κ1) is 69.9. The minimum absolute atomic E-state index is 0. The maximum absolute atomic E-state index is 6.25. The molecule has 0 bridgehead atoms. The number of rotatable bonds is 0. The van der Waals surface area contributed by atoms with Crippen molar-refractivity contribution < 1.29 is 106 Å². The molecule has 50 valence electrons. The van der Waals surface area contributed by atoms with Gasteiger partial charge in [-0.15, -0.1) is 0 Å². The summed E-state index contributed by atoms with van der Waals surface area (Å²) in [7, 11) is 0. The molecule has 0 N–H and O–H groups in total. The van der Waals surface area contributed by atoms with E-state index >= 15 is 0 Å². The van der Waals surface area contributed by atoms with Gasteiger partial charge in [0.05, 0.1) is 0 Å². The van der Waals surface area contributed by atoms with Crippen molar-refractivity contribution in [1.29, 1.82) is 21.0 Å². The second kappa shape index (κ2) is 751. The summed E-state index contributed by atoms with van der Waals surface area (Å²) in [5.74, 6) is 0. The third-order valence-electron chi connectivity index (χ3n) is 0. The SMILES string of the molecule is [C-]#N.[C-]#N.[C-]#N.[C-]#N.[Cu+].[Na+].[Na+].[Na+]. The molecular weight excluding hydrogens is 237 g/mol. The first-order valence-electron chi connectivity index (χ1n) is 0.894. The molecule has 0 saturated heterocycles. The Morgan fingerprint density at radius 3 is 0.417 bits per heavy atom. The van der Waals surface area contributed by atoms with E-state index in [1.165, 1.54) is 0 Å². The Kier molecular flexibility index (Phi) is 4380. The summed E-state index contributed by atoms with van der Waals surface area (Å²) in [4.78, 5) is 0. The fourth-order valence-electron chi connectivity index (χ4n) is 0. The van der Waals surface area contributed by atoms with Crippen LogP contribution < -0.4 is 88.7 Å². The molecule has 0 aromatic carbocycles. The molecule has 4 nitrogen and oxygen atoms in total. The molecule has 0 heterocycles. The Balaban J connectivity index is -0.00000000267. The van der Waals surface area contributed by atoms with E-state index < -0.39 is 0 Å². The summed E-state index contributed by atoms with van der Waals surface area (Å²) in [5.41, 5.74) is 0. The molecule has 0 unspecified atom stereocenters. The molecule has 8 heteroatoms. The Morgan fingerprint density at radius 1 is 0.417 bits per heavy atom. The smallest absolute Gasteiger partial charge is 0.512 e. The maximum Gasteiger partial charge on any atom is 1.00 e. The summed E-state index contributed by atoms with van der Waals surface area (Å²) in [6.07, 6.45) is 0. The summed E-state index contributed by atoms with van der Waals surface area (Å²) in [6.45, 7) is 19.0. The predicted molar refractivity (Wildman–Crippen MR) is 19.9 cm³/mol. The van der Waals surface area contributed by atoms with E-state index in [4.69, 9.17) is 47.3 Å². The molecule has 0 aliphatic rings. The largest absolute Gasteiger partial charge is 1.00 e. The van der Waals surface area contributed by atoms with Gasteiger partial charge < -0.3 is 47.3 Å². The molecule has 0 spiro atoms. The fourth-order valence-corrected chi connectivity index (χ4v) is 0. The standard InChI is InChI=1S/4CN.Cu.3Na/c4*1-2;;;;/q4*-1;4*+1. The van der Waals surface area contributed by atoms with Gasteiger partial charge in [-0.05, 0) is 0 Å². The molecule has 0 amide bonds. The van der Waals surface area contributed by atoms with Gasteiger partial charge in [-0.3, -0.25) is 0 Å². The monoisotopic (exact) mass is 236 g/mol. The Labute approximate surface area is 150 Å². The van der Waals surface area contributed by atoms with E-state index in [0.717, 1.165) is 0 Å². The van der Waals surface area contributed by atoms with Crippen molar-refractivity contribution in [2.75, 3.05) is 0 Å².